The molecule has 2 rings (SSSR count). The first-order valence-electron chi connectivity index (χ1n) is 4.77. The van der Waals surface area contributed by atoms with Crippen LogP contribution in [0.1, 0.15) is 13.3 Å². The lowest BCUT2D eigenvalue weighted by Gasteiger charge is -2.17. The van der Waals surface area contributed by atoms with Gasteiger partial charge >= 0.3 is 0 Å². The fraction of sp³-hybridized carbons (Fsp3) is 0.800. The molecule has 0 heterocycles. The summed E-state index contributed by atoms with van der Waals surface area (Å²) >= 11 is 0. The monoisotopic (exact) mass is 168 g/mol. The molecule has 0 aromatic rings. The van der Waals surface area contributed by atoms with Crippen LogP contribution in [0.2, 0.25) is 0 Å². The summed E-state index contributed by atoms with van der Waals surface area (Å²) in [5.74, 6) is 1.36. The van der Waals surface area contributed by atoms with E-state index in [1.54, 1.807) is 0 Å². The Hall–Kier alpha value is -0.340. The molecule has 4 atom stereocenters. The first-order chi connectivity index (χ1) is 5.83. The van der Waals surface area contributed by atoms with Crippen LogP contribution >= 0.6 is 0 Å². The summed E-state index contributed by atoms with van der Waals surface area (Å²) in [6.45, 7) is 3.62. The Morgan fingerprint density at radius 3 is 2.83 bits per heavy atom. The molecule has 0 saturated heterocycles. The van der Waals surface area contributed by atoms with Gasteiger partial charge in [0.05, 0.1) is 12.7 Å². The van der Waals surface area contributed by atoms with Crippen LogP contribution in [0.15, 0.2) is 12.2 Å². The highest BCUT2D eigenvalue weighted by atomic mass is 16.5. The Morgan fingerprint density at radius 1 is 1.50 bits per heavy atom. The molecule has 12 heavy (non-hydrogen) atoms. The molecule has 4 unspecified atom stereocenters. The van der Waals surface area contributed by atoms with E-state index in [9.17, 15) is 5.11 Å². The quantitative estimate of drug-likeness (QED) is 0.642. The molecule has 0 radical (unpaired) electrons. The number of ether oxygens (including phenoxy) is 1. The Labute approximate surface area is 73.2 Å². The molecular formula is C10H16O2. The van der Waals surface area contributed by atoms with Crippen molar-refractivity contribution in [2.45, 2.75) is 19.4 Å². The standard InChI is InChI=1S/C10H16O2/c1-2-12-6-8-5-7-3-4-9(8)10(7)11/h3-4,7-11H,2,5-6H2,1H3. The van der Waals surface area contributed by atoms with Gasteiger partial charge in [0, 0.05) is 18.4 Å². The third-order valence-electron chi connectivity index (χ3n) is 3.07. The molecule has 2 heteroatoms. The summed E-state index contributed by atoms with van der Waals surface area (Å²) in [5.41, 5.74) is 0. The second kappa shape index (κ2) is 3.19. The van der Waals surface area contributed by atoms with Gasteiger partial charge in [-0.05, 0) is 19.3 Å². The van der Waals surface area contributed by atoms with Gasteiger partial charge in [0.1, 0.15) is 0 Å². The Bertz CT molecular complexity index is 188. The van der Waals surface area contributed by atoms with E-state index >= 15 is 0 Å². The van der Waals surface area contributed by atoms with Gasteiger partial charge in [-0.1, -0.05) is 12.2 Å². The van der Waals surface area contributed by atoms with Crippen LogP contribution in [0, 0.1) is 17.8 Å². The molecule has 1 N–H and O–H groups in total. The van der Waals surface area contributed by atoms with Crippen molar-refractivity contribution in [3.8, 4) is 0 Å². The predicted octanol–water partition coefficient (Wildman–Crippen LogP) is 1.21. The summed E-state index contributed by atoms with van der Waals surface area (Å²) in [6, 6.07) is 0. The summed E-state index contributed by atoms with van der Waals surface area (Å²) in [5, 5.41) is 9.68. The first kappa shape index (κ1) is 8.27. The second-order valence-corrected chi connectivity index (χ2v) is 3.77. The third-order valence-corrected chi connectivity index (χ3v) is 3.07. The van der Waals surface area contributed by atoms with Gasteiger partial charge in [0.25, 0.3) is 0 Å². The van der Waals surface area contributed by atoms with E-state index in [2.05, 4.69) is 12.2 Å². The van der Waals surface area contributed by atoms with Gasteiger partial charge in [-0.3, -0.25) is 0 Å². The molecule has 1 fully saturated rings. The zero-order valence-electron chi connectivity index (χ0n) is 7.44. The molecule has 2 nitrogen and oxygen atoms in total. The molecule has 0 amide bonds. The van der Waals surface area contributed by atoms with Gasteiger partial charge in [-0.2, -0.15) is 0 Å². The molecule has 2 aliphatic rings. The van der Waals surface area contributed by atoms with Gasteiger partial charge in [0.15, 0.2) is 0 Å². The van der Waals surface area contributed by atoms with E-state index in [1.807, 2.05) is 6.92 Å². The maximum atomic E-state index is 9.68. The van der Waals surface area contributed by atoms with E-state index in [1.165, 1.54) is 0 Å². The fourth-order valence-electron chi connectivity index (χ4n) is 2.39. The highest BCUT2D eigenvalue weighted by molar-refractivity contribution is 5.15. The number of hydrogen-bond donors (Lipinski definition) is 1. The van der Waals surface area contributed by atoms with E-state index in [-0.39, 0.29) is 6.10 Å². The molecule has 2 bridgehead atoms. The van der Waals surface area contributed by atoms with Crippen LogP contribution in [-0.2, 0) is 4.74 Å². The van der Waals surface area contributed by atoms with E-state index in [0.717, 1.165) is 19.6 Å². The zero-order chi connectivity index (χ0) is 8.55. The second-order valence-electron chi connectivity index (χ2n) is 3.77. The number of rotatable bonds is 3. The van der Waals surface area contributed by atoms with Crippen LogP contribution in [0.3, 0.4) is 0 Å². The Kier molecular flexibility index (Phi) is 2.20. The molecule has 68 valence electrons. The topological polar surface area (TPSA) is 29.5 Å². The van der Waals surface area contributed by atoms with Gasteiger partial charge < -0.3 is 9.84 Å². The lowest BCUT2D eigenvalue weighted by atomic mass is 9.94. The van der Waals surface area contributed by atoms with E-state index in [0.29, 0.717) is 17.8 Å². The number of fused-ring (bicyclic) bond motifs is 2. The average Bonchev–Trinajstić information content (AvgIpc) is 2.58. The van der Waals surface area contributed by atoms with Gasteiger partial charge in [0.2, 0.25) is 0 Å². The largest absolute Gasteiger partial charge is 0.392 e. The molecule has 0 aromatic heterocycles. The van der Waals surface area contributed by atoms with Crippen LogP contribution in [-0.4, -0.2) is 24.4 Å². The van der Waals surface area contributed by atoms with Crippen LogP contribution in [0.5, 0.6) is 0 Å². The first-order valence-corrected chi connectivity index (χ1v) is 4.77. The fourth-order valence-corrected chi connectivity index (χ4v) is 2.39. The van der Waals surface area contributed by atoms with Crippen LogP contribution in [0.4, 0.5) is 0 Å². The minimum atomic E-state index is -0.115. The van der Waals surface area contributed by atoms with Gasteiger partial charge in [-0.25, -0.2) is 0 Å². The van der Waals surface area contributed by atoms with Crippen molar-refractivity contribution in [1.82, 2.24) is 0 Å². The van der Waals surface area contributed by atoms with Crippen molar-refractivity contribution in [3.05, 3.63) is 12.2 Å². The zero-order valence-corrected chi connectivity index (χ0v) is 7.44. The number of aliphatic hydroxyl groups is 1. The van der Waals surface area contributed by atoms with Crippen LogP contribution in [0.25, 0.3) is 0 Å². The molecule has 0 spiro atoms. The molecular weight excluding hydrogens is 152 g/mol. The number of aliphatic hydroxyl groups excluding tert-OH is 1. The summed E-state index contributed by atoms with van der Waals surface area (Å²) in [6.07, 6.45) is 5.30. The molecule has 2 aliphatic carbocycles. The Balaban J connectivity index is 1.91. The summed E-state index contributed by atoms with van der Waals surface area (Å²) < 4.78 is 5.37. The third kappa shape index (κ3) is 1.19. The van der Waals surface area contributed by atoms with Crippen molar-refractivity contribution >= 4 is 0 Å². The smallest absolute Gasteiger partial charge is 0.0668 e. The molecule has 1 saturated carbocycles. The van der Waals surface area contributed by atoms with E-state index < -0.39 is 0 Å². The van der Waals surface area contributed by atoms with Crippen LogP contribution < -0.4 is 0 Å². The van der Waals surface area contributed by atoms with Crippen molar-refractivity contribution in [2.24, 2.45) is 17.8 Å². The minimum Gasteiger partial charge on any atom is -0.392 e. The predicted molar refractivity (Wildman–Crippen MR) is 46.7 cm³/mol. The summed E-state index contributed by atoms with van der Waals surface area (Å²) in [4.78, 5) is 0. The maximum absolute atomic E-state index is 9.68. The number of hydrogen-bond acceptors (Lipinski definition) is 2. The highest BCUT2D eigenvalue weighted by Gasteiger charge is 2.43. The summed E-state index contributed by atoms with van der Waals surface area (Å²) in [7, 11) is 0. The normalized spacial score (nSPS) is 44.2. The Morgan fingerprint density at radius 2 is 2.33 bits per heavy atom. The minimum absolute atomic E-state index is 0.115. The van der Waals surface area contributed by atoms with Crippen molar-refractivity contribution in [3.63, 3.8) is 0 Å². The lowest BCUT2D eigenvalue weighted by Crippen LogP contribution is -2.19. The van der Waals surface area contributed by atoms with Crippen molar-refractivity contribution in [1.29, 1.82) is 0 Å². The highest BCUT2D eigenvalue weighted by Crippen LogP contribution is 2.43. The maximum Gasteiger partial charge on any atom is 0.0668 e. The van der Waals surface area contributed by atoms with Crippen molar-refractivity contribution in [2.75, 3.05) is 13.2 Å². The van der Waals surface area contributed by atoms with Crippen molar-refractivity contribution < 1.29 is 9.84 Å². The average molecular weight is 168 g/mol. The van der Waals surface area contributed by atoms with E-state index in [4.69, 9.17) is 4.74 Å². The molecule has 0 aromatic carbocycles. The lowest BCUT2D eigenvalue weighted by molar-refractivity contribution is 0.0814. The SMILES string of the molecule is CCOCC1CC2C=CC1C2O. The van der Waals surface area contributed by atoms with Gasteiger partial charge in [-0.15, -0.1) is 0 Å². The molecule has 0 aliphatic heterocycles.